The molecule has 0 N–H and O–H groups in total. The lowest BCUT2D eigenvalue weighted by Gasteiger charge is -2.17. The highest BCUT2D eigenvalue weighted by atomic mass is 16.5. The normalized spacial score (nSPS) is 12.2. The first-order valence-corrected chi connectivity index (χ1v) is 9.04. The number of benzene rings is 2. The Hall–Kier alpha value is -1.60. The molecule has 2 aromatic rings. The Morgan fingerprint density at radius 3 is 2.09 bits per heavy atom. The van der Waals surface area contributed by atoms with Gasteiger partial charge in [-0.1, -0.05) is 93.3 Å². The van der Waals surface area contributed by atoms with E-state index in [1.165, 1.54) is 43.2 Å². The third-order valence-corrected chi connectivity index (χ3v) is 4.37. The summed E-state index contributed by atoms with van der Waals surface area (Å²) in [5.41, 5.74) is 2.72. The number of ether oxygens (including phenoxy) is 1. The molecule has 1 heteroatoms. The standard InChI is InChI=1S/C22H30O/c1-2-3-6-11-21(18-20-12-7-4-8-13-20)16-17-23-19-22-14-9-5-10-15-22/h4-5,7-10,12-15,21H,2-3,6,11,16-19H2,1H3. The first-order valence-electron chi connectivity index (χ1n) is 9.04. The van der Waals surface area contributed by atoms with Gasteiger partial charge in [-0.15, -0.1) is 0 Å². The highest BCUT2D eigenvalue weighted by Crippen LogP contribution is 2.19. The molecule has 0 saturated heterocycles. The summed E-state index contributed by atoms with van der Waals surface area (Å²) in [5.74, 6) is 0.736. The van der Waals surface area contributed by atoms with E-state index in [0.717, 1.165) is 25.6 Å². The van der Waals surface area contributed by atoms with E-state index in [0.29, 0.717) is 0 Å². The molecule has 0 amide bonds. The highest BCUT2D eigenvalue weighted by Gasteiger charge is 2.10. The van der Waals surface area contributed by atoms with E-state index >= 15 is 0 Å². The summed E-state index contributed by atoms with van der Waals surface area (Å²) in [6, 6.07) is 21.3. The Balaban J connectivity index is 1.74. The summed E-state index contributed by atoms with van der Waals surface area (Å²) in [5, 5.41) is 0. The molecule has 2 aromatic carbocycles. The molecule has 0 aromatic heterocycles. The van der Waals surface area contributed by atoms with Crippen LogP contribution >= 0.6 is 0 Å². The Morgan fingerprint density at radius 1 is 0.783 bits per heavy atom. The summed E-state index contributed by atoms with van der Waals surface area (Å²) in [6.45, 7) is 3.86. The molecule has 0 aliphatic carbocycles. The number of hydrogen-bond donors (Lipinski definition) is 0. The summed E-state index contributed by atoms with van der Waals surface area (Å²) >= 11 is 0. The molecule has 0 saturated carbocycles. The van der Waals surface area contributed by atoms with Crippen molar-refractivity contribution >= 4 is 0 Å². The predicted molar refractivity (Wildman–Crippen MR) is 98.5 cm³/mol. The van der Waals surface area contributed by atoms with Gasteiger partial charge in [-0.2, -0.15) is 0 Å². The van der Waals surface area contributed by atoms with Crippen molar-refractivity contribution in [2.24, 2.45) is 5.92 Å². The van der Waals surface area contributed by atoms with Crippen LogP contribution in [0.2, 0.25) is 0 Å². The second kappa shape index (κ2) is 11.0. The topological polar surface area (TPSA) is 9.23 Å². The van der Waals surface area contributed by atoms with Crippen molar-refractivity contribution in [1.82, 2.24) is 0 Å². The number of rotatable bonds is 11. The van der Waals surface area contributed by atoms with Crippen molar-refractivity contribution < 1.29 is 4.74 Å². The van der Waals surface area contributed by atoms with Gasteiger partial charge in [-0.25, -0.2) is 0 Å². The van der Waals surface area contributed by atoms with Crippen LogP contribution in [0.25, 0.3) is 0 Å². The third kappa shape index (κ3) is 7.47. The molecular weight excluding hydrogens is 280 g/mol. The minimum Gasteiger partial charge on any atom is -0.377 e. The van der Waals surface area contributed by atoms with Crippen molar-refractivity contribution in [3.63, 3.8) is 0 Å². The lowest BCUT2D eigenvalue weighted by atomic mass is 9.91. The van der Waals surface area contributed by atoms with E-state index in [4.69, 9.17) is 4.74 Å². The third-order valence-electron chi connectivity index (χ3n) is 4.37. The zero-order valence-electron chi connectivity index (χ0n) is 14.4. The first-order chi connectivity index (χ1) is 11.4. The molecule has 0 fully saturated rings. The van der Waals surface area contributed by atoms with Gasteiger partial charge in [0.1, 0.15) is 0 Å². The van der Waals surface area contributed by atoms with Crippen LogP contribution in [0.3, 0.4) is 0 Å². The zero-order chi connectivity index (χ0) is 16.2. The summed E-state index contributed by atoms with van der Waals surface area (Å²) < 4.78 is 5.89. The van der Waals surface area contributed by atoms with Gasteiger partial charge in [-0.05, 0) is 29.9 Å². The van der Waals surface area contributed by atoms with Crippen LogP contribution in [0.15, 0.2) is 60.7 Å². The fourth-order valence-electron chi connectivity index (χ4n) is 2.99. The molecule has 23 heavy (non-hydrogen) atoms. The monoisotopic (exact) mass is 310 g/mol. The molecule has 0 aliphatic heterocycles. The molecule has 124 valence electrons. The molecule has 1 nitrogen and oxygen atoms in total. The van der Waals surface area contributed by atoms with Gasteiger partial charge in [0.05, 0.1) is 6.61 Å². The van der Waals surface area contributed by atoms with E-state index in [1.54, 1.807) is 0 Å². The minimum atomic E-state index is 0.730. The maximum absolute atomic E-state index is 5.89. The van der Waals surface area contributed by atoms with Crippen molar-refractivity contribution in [1.29, 1.82) is 0 Å². The second-order valence-electron chi connectivity index (χ2n) is 6.38. The van der Waals surface area contributed by atoms with Gasteiger partial charge < -0.3 is 4.74 Å². The maximum Gasteiger partial charge on any atom is 0.0716 e. The summed E-state index contributed by atoms with van der Waals surface area (Å²) in [7, 11) is 0. The number of unbranched alkanes of at least 4 members (excludes halogenated alkanes) is 2. The smallest absolute Gasteiger partial charge is 0.0716 e. The fraction of sp³-hybridized carbons (Fsp3) is 0.455. The van der Waals surface area contributed by atoms with Gasteiger partial charge in [0.25, 0.3) is 0 Å². The van der Waals surface area contributed by atoms with Crippen molar-refractivity contribution in [2.45, 2.75) is 52.1 Å². The molecule has 0 heterocycles. The van der Waals surface area contributed by atoms with Crippen molar-refractivity contribution in [3.05, 3.63) is 71.8 Å². The highest BCUT2D eigenvalue weighted by molar-refractivity contribution is 5.15. The summed E-state index contributed by atoms with van der Waals surface area (Å²) in [4.78, 5) is 0. The van der Waals surface area contributed by atoms with Crippen LogP contribution in [0.1, 0.15) is 50.2 Å². The zero-order valence-corrected chi connectivity index (χ0v) is 14.4. The molecule has 1 atom stereocenters. The van der Waals surface area contributed by atoms with Gasteiger partial charge in [0.15, 0.2) is 0 Å². The lowest BCUT2D eigenvalue weighted by Crippen LogP contribution is -2.09. The molecule has 0 bridgehead atoms. The van der Waals surface area contributed by atoms with Gasteiger partial charge >= 0.3 is 0 Å². The van der Waals surface area contributed by atoms with E-state index < -0.39 is 0 Å². The van der Waals surface area contributed by atoms with Crippen LogP contribution in [0.5, 0.6) is 0 Å². The predicted octanol–water partition coefficient (Wildman–Crippen LogP) is 6.03. The quantitative estimate of drug-likeness (QED) is 0.460. The Morgan fingerprint density at radius 2 is 1.43 bits per heavy atom. The van der Waals surface area contributed by atoms with E-state index in [9.17, 15) is 0 Å². The van der Waals surface area contributed by atoms with Gasteiger partial charge in [-0.3, -0.25) is 0 Å². The maximum atomic E-state index is 5.89. The average molecular weight is 310 g/mol. The van der Waals surface area contributed by atoms with Crippen LogP contribution in [0.4, 0.5) is 0 Å². The van der Waals surface area contributed by atoms with Gasteiger partial charge in [0, 0.05) is 6.61 Å². The first kappa shape index (κ1) is 17.7. The van der Waals surface area contributed by atoms with E-state index in [1.807, 2.05) is 6.07 Å². The van der Waals surface area contributed by atoms with E-state index in [-0.39, 0.29) is 0 Å². The van der Waals surface area contributed by atoms with Crippen LogP contribution in [0, 0.1) is 5.92 Å². The molecule has 2 rings (SSSR count). The van der Waals surface area contributed by atoms with Gasteiger partial charge in [0.2, 0.25) is 0 Å². The van der Waals surface area contributed by atoms with Crippen molar-refractivity contribution in [2.75, 3.05) is 6.61 Å². The molecular formula is C22H30O. The minimum absolute atomic E-state index is 0.730. The molecule has 0 radical (unpaired) electrons. The van der Waals surface area contributed by atoms with Crippen LogP contribution in [-0.2, 0) is 17.8 Å². The van der Waals surface area contributed by atoms with E-state index in [2.05, 4.69) is 61.5 Å². The van der Waals surface area contributed by atoms with Crippen molar-refractivity contribution in [3.8, 4) is 0 Å². The summed E-state index contributed by atoms with van der Waals surface area (Å²) in [6.07, 6.45) is 7.63. The second-order valence-corrected chi connectivity index (χ2v) is 6.38. The Bertz CT molecular complexity index is 506. The Labute approximate surface area is 141 Å². The SMILES string of the molecule is CCCCCC(CCOCc1ccccc1)Cc1ccccc1. The van der Waals surface area contributed by atoms with Crippen LogP contribution in [-0.4, -0.2) is 6.61 Å². The molecule has 0 spiro atoms. The molecule has 0 aliphatic rings. The molecule has 1 unspecified atom stereocenters. The Kier molecular flexibility index (Phi) is 8.50. The lowest BCUT2D eigenvalue weighted by molar-refractivity contribution is 0.105. The fourth-order valence-corrected chi connectivity index (χ4v) is 2.99. The number of hydrogen-bond acceptors (Lipinski definition) is 1. The van der Waals surface area contributed by atoms with Crippen LogP contribution < -0.4 is 0 Å². The average Bonchev–Trinajstić information content (AvgIpc) is 2.60. The largest absolute Gasteiger partial charge is 0.377 e.